The third kappa shape index (κ3) is 5.31. The van der Waals surface area contributed by atoms with Gasteiger partial charge in [0, 0.05) is 6.07 Å². The normalized spacial score (nSPS) is 10.4. The summed E-state index contributed by atoms with van der Waals surface area (Å²) in [5, 5.41) is 0.438. The van der Waals surface area contributed by atoms with Crippen LogP contribution in [-0.4, -0.2) is 16.6 Å². The SMILES string of the molecule is CCCCCCCOc1cc(Cl)nc(C)n1. The first-order chi connectivity index (χ1) is 7.72. The molecule has 16 heavy (non-hydrogen) atoms. The molecule has 0 aliphatic heterocycles. The molecule has 0 aliphatic rings. The highest BCUT2D eigenvalue weighted by molar-refractivity contribution is 6.29. The minimum absolute atomic E-state index is 0.438. The topological polar surface area (TPSA) is 35.0 Å². The van der Waals surface area contributed by atoms with E-state index in [1.807, 2.05) is 0 Å². The summed E-state index contributed by atoms with van der Waals surface area (Å²) in [6.45, 7) is 4.72. The summed E-state index contributed by atoms with van der Waals surface area (Å²) in [5.74, 6) is 1.22. The molecule has 0 unspecified atom stereocenters. The maximum atomic E-state index is 5.80. The zero-order valence-corrected chi connectivity index (χ0v) is 10.8. The number of ether oxygens (including phenoxy) is 1. The van der Waals surface area contributed by atoms with Gasteiger partial charge in [0.15, 0.2) is 0 Å². The van der Waals surface area contributed by atoms with Crippen molar-refractivity contribution in [2.75, 3.05) is 6.61 Å². The number of hydrogen-bond donors (Lipinski definition) is 0. The second-order valence-corrected chi connectivity index (χ2v) is 4.23. The lowest BCUT2D eigenvalue weighted by Gasteiger charge is -2.05. The van der Waals surface area contributed by atoms with Crippen LogP contribution in [0.15, 0.2) is 6.07 Å². The summed E-state index contributed by atoms with van der Waals surface area (Å²) in [6, 6.07) is 1.65. The molecule has 90 valence electrons. The van der Waals surface area contributed by atoms with Crippen molar-refractivity contribution in [3.8, 4) is 5.88 Å². The van der Waals surface area contributed by atoms with Crippen molar-refractivity contribution >= 4 is 11.6 Å². The third-order valence-corrected chi connectivity index (χ3v) is 2.47. The van der Waals surface area contributed by atoms with Gasteiger partial charge in [-0.25, -0.2) is 4.98 Å². The second-order valence-electron chi connectivity index (χ2n) is 3.84. The first kappa shape index (κ1) is 13.2. The van der Waals surface area contributed by atoms with Gasteiger partial charge in [-0.1, -0.05) is 44.2 Å². The summed E-state index contributed by atoms with van der Waals surface area (Å²) in [4.78, 5) is 8.13. The van der Waals surface area contributed by atoms with E-state index in [-0.39, 0.29) is 0 Å². The molecule has 0 atom stereocenters. The molecule has 0 fully saturated rings. The average Bonchev–Trinajstić information content (AvgIpc) is 2.22. The molecule has 0 saturated heterocycles. The minimum atomic E-state index is 0.438. The van der Waals surface area contributed by atoms with E-state index in [0.29, 0.717) is 23.5 Å². The van der Waals surface area contributed by atoms with E-state index in [9.17, 15) is 0 Å². The first-order valence-corrected chi connectivity index (χ1v) is 6.24. The fraction of sp³-hybridized carbons (Fsp3) is 0.667. The second kappa shape index (κ2) is 7.44. The molecule has 4 heteroatoms. The van der Waals surface area contributed by atoms with Crippen molar-refractivity contribution < 1.29 is 4.74 Å². The molecule has 0 bridgehead atoms. The molecule has 3 nitrogen and oxygen atoms in total. The van der Waals surface area contributed by atoms with Crippen molar-refractivity contribution in [3.05, 3.63) is 17.0 Å². The fourth-order valence-corrected chi connectivity index (χ4v) is 1.68. The Balaban J connectivity index is 2.21. The Hall–Kier alpha value is -0.830. The zero-order valence-electron chi connectivity index (χ0n) is 10.0. The maximum absolute atomic E-state index is 5.80. The van der Waals surface area contributed by atoms with Gasteiger partial charge in [-0.3, -0.25) is 0 Å². The van der Waals surface area contributed by atoms with Gasteiger partial charge in [0.25, 0.3) is 0 Å². The Bertz CT molecular complexity index is 298. The van der Waals surface area contributed by atoms with Gasteiger partial charge in [0.1, 0.15) is 11.0 Å². The van der Waals surface area contributed by atoms with E-state index in [1.165, 1.54) is 25.7 Å². The first-order valence-electron chi connectivity index (χ1n) is 5.86. The Kier molecular flexibility index (Phi) is 6.16. The van der Waals surface area contributed by atoms with E-state index >= 15 is 0 Å². The van der Waals surface area contributed by atoms with Crippen molar-refractivity contribution in [3.63, 3.8) is 0 Å². The van der Waals surface area contributed by atoms with E-state index < -0.39 is 0 Å². The van der Waals surface area contributed by atoms with Crippen LogP contribution >= 0.6 is 11.6 Å². The Morgan fingerprint density at radius 2 is 1.94 bits per heavy atom. The summed E-state index contributed by atoms with van der Waals surface area (Å²) >= 11 is 5.80. The van der Waals surface area contributed by atoms with Crippen molar-refractivity contribution in [1.82, 2.24) is 9.97 Å². The van der Waals surface area contributed by atoms with Crippen LogP contribution in [0.2, 0.25) is 5.15 Å². The third-order valence-electron chi connectivity index (χ3n) is 2.28. The van der Waals surface area contributed by atoms with E-state index in [2.05, 4.69) is 16.9 Å². The molecule has 1 rings (SSSR count). The standard InChI is InChI=1S/C12H19ClN2O/c1-3-4-5-6-7-8-16-12-9-11(13)14-10(2)15-12/h9H,3-8H2,1-2H3. The highest BCUT2D eigenvalue weighted by Gasteiger charge is 2.00. The minimum Gasteiger partial charge on any atom is -0.478 e. The van der Waals surface area contributed by atoms with Gasteiger partial charge in [0.2, 0.25) is 5.88 Å². The number of halogens is 1. The van der Waals surface area contributed by atoms with Gasteiger partial charge >= 0.3 is 0 Å². The van der Waals surface area contributed by atoms with Crippen LogP contribution in [0.1, 0.15) is 44.9 Å². The summed E-state index contributed by atoms with van der Waals surface area (Å²) < 4.78 is 5.51. The smallest absolute Gasteiger partial charge is 0.218 e. The Morgan fingerprint density at radius 3 is 2.62 bits per heavy atom. The van der Waals surface area contributed by atoms with Crippen LogP contribution in [0.25, 0.3) is 0 Å². The predicted octanol–water partition coefficient (Wildman–Crippen LogP) is 3.79. The fourth-order valence-electron chi connectivity index (χ4n) is 1.46. The quantitative estimate of drug-likeness (QED) is 0.539. The summed E-state index contributed by atoms with van der Waals surface area (Å²) in [7, 11) is 0. The molecule has 0 aromatic carbocycles. The number of hydrogen-bond acceptors (Lipinski definition) is 3. The maximum Gasteiger partial charge on any atom is 0.218 e. The lowest BCUT2D eigenvalue weighted by atomic mass is 10.2. The van der Waals surface area contributed by atoms with Crippen LogP contribution in [0.5, 0.6) is 5.88 Å². The highest BCUT2D eigenvalue weighted by Crippen LogP contribution is 2.13. The van der Waals surface area contributed by atoms with Crippen molar-refractivity contribution in [2.24, 2.45) is 0 Å². The number of nitrogens with zero attached hydrogens (tertiary/aromatic N) is 2. The van der Waals surface area contributed by atoms with Gasteiger partial charge in [-0.15, -0.1) is 0 Å². The number of rotatable bonds is 7. The van der Waals surface area contributed by atoms with E-state index in [4.69, 9.17) is 16.3 Å². The van der Waals surface area contributed by atoms with Crippen molar-refractivity contribution in [1.29, 1.82) is 0 Å². The van der Waals surface area contributed by atoms with Crippen LogP contribution in [0.4, 0.5) is 0 Å². The Labute approximate surface area is 102 Å². The summed E-state index contributed by atoms with van der Waals surface area (Å²) in [5.41, 5.74) is 0. The van der Waals surface area contributed by atoms with Crippen LogP contribution in [0, 0.1) is 6.92 Å². The van der Waals surface area contributed by atoms with Gasteiger partial charge in [0.05, 0.1) is 6.61 Å². The number of aromatic nitrogens is 2. The molecular formula is C12H19ClN2O. The average molecular weight is 243 g/mol. The molecule has 0 spiro atoms. The van der Waals surface area contributed by atoms with Gasteiger partial charge in [-0.2, -0.15) is 4.98 Å². The van der Waals surface area contributed by atoms with E-state index in [1.54, 1.807) is 13.0 Å². The molecule has 0 aliphatic carbocycles. The number of aryl methyl sites for hydroxylation is 1. The van der Waals surface area contributed by atoms with Crippen LogP contribution in [-0.2, 0) is 0 Å². The molecule has 1 heterocycles. The molecule has 1 aromatic rings. The van der Waals surface area contributed by atoms with Gasteiger partial charge < -0.3 is 4.74 Å². The van der Waals surface area contributed by atoms with Crippen LogP contribution < -0.4 is 4.74 Å². The lowest BCUT2D eigenvalue weighted by Crippen LogP contribution is -2.01. The molecule has 0 amide bonds. The largest absolute Gasteiger partial charge is 0.478 e. The molecular weight excluding hydrogens is 224 g/mol. The number of unbranched alkanes of at least 4 members (excludes halogenated alkanes) is 4. The highest BCUT2D eigenvalue weighted by atomic mass is 35.5. The molecule has 0 N–H and O–H groups in total. The monoisotopic (exact) mass is 242 g/mol. The Morgan fingerprint density at radius 1 is 1.19 bits per heavy atom. The molecule has 1 aromatic heterocycles. The van der Waals surface area contributed by atoms with E-state index in [0.717, 1.165) is 6.42 Å². The summed E-state index contributed by atoms with van der Waals surface area (Å²) in [6.07, 6.45) is 6.13. The lowest BCUT2D eigenvalue weighted by molar-refractivity contribution is 0.292. The predicted molar refractivity (Wildman–Crippen MR) is 66.0 cm³/mol. The molecule has 0 saturated carbocycles. The van der Waals surface area contributed by atoms with Crippen LogP contribution in [0.3, 0.4) is 0 Å². The molecule has 0 radical (unpaired) electrons. The van der Waals surface area contributed by atoms with Crippen molar-refractivity contribution in [2.45, 2.75) is 46.0 Å². The van der Waals surface area contributed by atoms with Gasteiger partial charge in [-0.05, 0) is 13.3 Å². The zero-order chi connectivity index (χ0) is 11.8.